The van der Waals surface area contributed by atoms with Gasteiger partial charge in [0.25, 0.3) is 0 Å². The van der Waals surface area contributed by atoms with Crippen LogP contribution in [0.3, 0.4) is 0 Å². The third kappa shape index (κ3) is 3.95. The highest BCUT2D eigenvalue weighted by Gasteiger charge is 2.29. The first kappa shape index (κ1) is 13.8. The second-order valence-corrected chi connectivity index (χ2v) is 5.08. The molecule has 0 aromatic heterocycles. The molecule has 2 atom stereocenters. The third-order valence-electron chi connectivity index (χ3n) is 3.32. The Kier molecular flexibility index (Phi) is 5.56. The minimum Gasteiger partial charge on any atom is -0.368 e. The SMILES string of the molecule is CCC(C)(CCCl)NC(=O)C1CCCCO1. The molecule has 1 heterocycles. The van der Waals surface area contributed by atoms with E-state index in [1.54, 1.807) is 0 Å². The molecule has 1 N–H and O–H groups in total. The van der Waals surface area contributed by atoms with Gasteiger partial charge >= 0.3 is 0 Å². The summed E-state index contributed by atoms with van der Waals surface area (Å²) in [4.78, 5) is 12.0. The maximum Gasteiger partial charge on any atom is 0.249 e. The van der Waals surface area contributed by atoms with Crippen LogP contribution >= 0.6 is 11.6 Å². The van der Waals surface area contributed by atoms with E-state index in [9.17, 15) is 4.79 Å². The summed E-state index contributed by atoms with van der Waals surface area (Å²) >= 11 is 5.75. The number of halogens is 1. The van der Waals surface area contributed by atoms with Crippen molar-refractivity contribution in [2.45, 2.75) is 57.6 Å². The van der Waals surface area contributed by atoms with Crippen LogP contribution in [0.4, 0.5) is 0 Å². The second-order valence-electron chi connectivity index (χ2n) is 4.70. The molecule has 1 amide bonds. The highest BCUT2D eigenvalue weighted by Crippen LogP contribution is 2.18. The van der Waals surface area contributed by atoms with Gasteiger partial charge in [-0.15, -0.1) is 11.6 Å². The van der Waals surface area contributed by atoms with Crippen LogP contribution in [-0.2, 0) is 9.53 Å². The number of hydrogen-bond acceptors (Lipinski definition) is 2. The zero-order valence-corrected chi connectivity index (χ0v) is 11.0. The van der Waals surface area contributed by atoms with E-state index in [0.29, 0.717) is 12.5 Å². The Morgan fingerprint density at radius 2 is 2.31 bits per heavy atom. The van der Waals surface area contributed by atoms with Crippen LogP contribution in [0.2, 0.25) is 0 Å². The monoisotopic (exact) mass is 247 g/mol. The van der Waals surface area contributed by atoms with Crippen LogP contribution in [0.15, 0.2) is 0 Å². The van der Waals surface area contributed by atoms with Crippen molar-refractivity contribution in [3.63, 3.8) is 0 Å². The van der Waals surface area contributed by atoms with Gasteiger partial charge in [-0.2, -0.15) is 0 Å². The lowest BCUT2D eigenvalue weighted by molar-refractivity contribution is -0.137. The molecule has 0 radical (unpaired) electrons. The lowest BCUT2D eigenvalue weighted by Gasteiger charge is -2.32. The molecular weight excluding hydrogens is 226 g/mol. The lowest BCUT2D eigenvalue weighted by Crippen LogP contribution is -2.50. The zero-order valence-electron chi connectivity index (χ0n) is 10.2. The van der Waals surface area contributed by atoms with Gasteiger partial charge in [0.15, 0.2) is 0 Å². The molecule has 1 rings (SSSR count). The number of nitrogens with one attached hydrogen (secondary N) is 1. The molecular formula is C12H22ClNO2. The van der Waals surface area contributed by atoms with E-state index < -0.39 is 0 Å². The van der Waals surface area contributed by atoms with Crippen LogP contribution in [0.25, 0.3) is 0 Å². The standard InChI is InChI=1S/C12H22ClNO2/c1-3-12(2,7-8-13)14-11(15)10-6-4-5-9-16-10/h10H,3-9H2,1-2H3,(H,14,15). The van der Waals surface area contributed by atoms with Gasteiger partial charge in [0.2, 0.25) is 5.91 Å². The van der Waals surface area contributed by atoms with E-state index in [-0.39, 0.29) is 17.6 Å². The van der Waals surface area contributed by atoms with Crippen molar-refractivity contribution < 1.29 is 9.53 Å². The fourth-order valence-corrected chi connectivity index (χ4v) is 2.28. The van der Waals surface area contributed by atoms with E-state index in [1.807, 2.05) is 6.92 Å². The van der Waals surface area contributed by atoms with Gasteiger partial charge in [0.05, 0.1) is 0 Å². The van der Waals surface area contributed by atoms with Gasteiger partial charge in [-0.1, -0.05) is 6.92 Å². The Labute approximate surface area is 103 Å². The number of carbonyl (C=O) groups excluding carboxylic acids is 1. The highest BCUT2D eigenvalue weighted by molar-refractivity contribution is 6.17. The zero-order chi connectivity index (χ0) is 12.0. The summed E-state index contributed by atoms with van der Waals surface area (Å²) in [6, 6.07) is 0. The van der Waals surface area contributed by atoms with E-state index in [2.05, 4.69) is 12.2 Å². The van der Waals surface area contributed by atoms with Crippen LogP contribution in [0, 0.1) is 0 Å². The van der Waals surface area contributed by atoms with Gasteiger partial charge < -0.3 is 10.1 Å². The van der Waals surface area contributed by atoms with Gasteiger partial charge in [-0.25, -0.2) is 0 Å². The van der Waals surface area contributed by atoms with Crippen molar-refractivity contribution in [1.82, 2.24) is 5.32 Å². The highest BCUT2D eigenvalue weighted by atomic mass is 35.5. The molecule has 1 aliphatic heterocycles. The number of rotatable bonds is 5. The average molecular weight is 248 g/mol. The van der Waals surface area contributed by atoms with Gasteiger partial charge in [-0.3, -0.25) is 4.79 Å². The van der Waals surface area contributed by atoms with Crippen LogP contribution in [0.5, 0.6) is 0 Å². The minimum atomic E-state index is -0.255. The van der Waals surface area contributed by atoms with Crippen molar-refractivity contribution in [2.75, 3.05) is 12.5 Å². The minimum absolute atomic E-state index is 0.0224. The molecule has 0 spiro atoms. The topological polar surface area (TPSA) is 38.3 Å². The number of amides is 1. The summed E-state index contributed by atoms with van der Waals surface area (Å²) in [5.74, 6) is 0.588. The molecule has 1 saturated heterocycles. The Hall–Kier alpha value is -0.280. The summed E-state index contributed by atoms with van der Waals surface area (Å²) in [6.07, 6.45) is 4.41. The number of alkyl halides is 1. The van der Waals surface area contributed by atoms with E-state index >= 15 is 0 Å². The predicted molar refractivity (Wildman–Crippen MR) is 65.8 cm³/mol. The van der Waals surface area contributed by atoms with Crippen LogP contribution in [-0.4, -0.2) is 30.0 Å². The molecule has 1 aliphatic rings. The van der Waals surface area contributed by atoms with E-state index in [4.69, 9.17) is 16.3 Å². The van der Waals surface area contributed by atoms with Gasteiger partial charge in [0.1, 0.15) is 6.10 Å². The van der Waals surface area contributed by atoms with Crippen molar-refractivity contribution >= 4 is 17.5 Å². The first-order valence-corrected chi connectivity index (χ1v) is 6.64. The predicted octanol–water partition coefficient (Wildman–Crippen LogP) is 2.47. The molecule has 4 heteroatoms. The summed E-state index contributed by atoms with van der Waals surface area (Å²) in [5, 5.41) is 3.07. The fourth-order valence-electron chi connectivity index (χ4n) is 1.86. The van der Waals surface area contributed by atoms with Gasteiger partial charge in [-0.05, 0) is 39.0 Å². The maximum atomic E-state index is 12.0. The molecule has 3 nitrogen and oxygen atoms in total. The fraction of sp³-hybridized carbons (Fsp3) is 0.917. The van der Waals surface area contributed by atoms with Crippen LogP contribution < -0.4 is 5.32 Å². The second kappa shape index (κ2) is 6.45. The Balaban J connectivity index is 2.47. The smallest absolute Gasteiger partial charge is 0.249 e. The molecule has 0 aromatic carbocycles. The van der Waals surface area contributed by atoms with Crippen molar-refractivity contribution in [1.29, 1.82) is 0 Å². The summed E-state index contributed by atoms with van der Waals surface area (Å²) < 4.78 is 5.46. The summed E-state index contributed by atoms with van der Waals surface area (Å²) in [6.45, 7) is 4.81. The van der Waals surface area contributed by atoms with Crippen LogP contribution in [0.1, 0.15) is 46.0 Å². The normalized spacial score (nSPS) is 24.8. The number of hydrogen-bond donors (Lipinski definition) is 1. The lowest BCUT2D eigenvalue weighted by atomic mass is 9.94. The van der Waals surface area contributed by atoms with Crippen molar-refractivity contribution in [3.8, 4) is 0 Å². The molecule has 0 aliphatic carbocycles. The Morgan fingerprint density at radius 1 is 1.56 bits per heavy atom. The van der Waals surface area contributed by atoms with E-state index in [1.165, 1.54) is 0 Å². The maximum absolute atomic E-state index is 12.0. The Bertz CT molecular complexity index is 229. The number of ether oxygens (including phenoxy) is 1. The molecule has 2 unspecified atom stereocenters. The molecule has 94 valence electrons. The largest absolute Gasteiger partial charge is 0.368 e. The number of carbonyl (C=O) groups is 1. The molecule has 0 aromatic rings. The third-order valence-corrected chi connectivity index (χ3v) is 3.51. The van der Waals surface area contributed by atoms with Gasteiger partial charge in [0, 0.05) is 18.0 Å². The van der Waals surface area contributed by atoms with Crippen molar-refractivity contribution in [2.24, 2.45) is 0 Å². The first-order valence-electron chi connectivity index (χ1n) is 6.11. The molecule has 16 heavy (non-hydrogen) atoms. The molecule has 0 saturated carbocycles. The molecule has 1 fully saturated rings. The summed E-state index contributed by atoms with van der Waals surface area (Å²) in [7, 11) is 0. The van der Waals surface area contributed by atoms with E-state index in [0.717, 1.165) is 32.1 Å². The average Bonchev–Trinajstić information content (AvgIpc) is 2.30. The van der Waals surface area contributed by atoms with Crippen molar-refractivity contribution in [3.05, 3.63) is 0 Å². The molecule has 0 bridgehead atoms. The quantitative estimate of drug-likeness (QED) is 0.758. The Morgan fingerprint density at radius 3 is 2.81 bits per heavy atom. The first-order chi connectivity index (χ1) is 7.61. The summed E-state index contributed by atoms with van der Waals surface area (Å²) in [5.41, 5.74) is -0.195.